The summed E-state index contributed by atoms with van der Waals surface area (Å²) >= 11 is 14.1. The van der Waals surface area contributed by atoms with E-state index in [0.29, 0.717) is 19.8 Å². The van der Waals surface area contributed by atoms with E-state index in [4.69, 9.17) is 23.2 Å². The second kappa shape index (κ2) is 5.97. The molecule has 94 valence electrons. The summed E-state index contributed by atoms with van der Waals surface area (Å²) in [6, 6.07) is 3.25. The van der Waals surface area contributed by atoms with Gasteiger partial charge in [0.1, 0.15) is 0 Å². The van der Waals surface area contributed by atoms with Gasteiger partial charge in [0, 0.05) is 23.6 Å². The van der Waals surface area contributed by atoms with Gasteiger partial charge in [-0.1, -0.05) is 23.2 Å². The van der Waals surface area contributed by atoms with Crippen LogP contribution in [0.4, 0.5) is 0 Å². The molecule has 2 heterocycles. The lowest BCUT2D eigenvalue weighted by Gasteiger charge is -1.96. The molecule has 0 radical (unpaired) electrons. The number of ketones is 2. The molecule has 0 bridgehead atoms. The van der Waals surface area contributed by atoms with E-state index in [0.717, 1.165) is 0 Å². The quantitative estimate of drug-likeness (QED) is 0.730. The summed E-state index contributed by atoms with van der Waals surface area (Å²) in [4.78, 5) is 24.7. The Balaban J connectivity index is 1.92. The minimum Gasteiger partial charge on any atom is -0.293 e. The first-order chi connectivity index (χ1) is 8.56. The van der Waals surface area contributed by atoms with Gasteiger partial charge in [0.05, 0.1) is 19.8 Å². The predicted octanol–water partition coefficient (Wildman–Crippen LogP) is 4.96. The summed E-state index contributed by atoms with van der Waals surface area (Å²) in [7, 11) is 0. The van der Waals surface area contributed by atoms with Crippen LogP contribution in [-0.2, 0) is 0 Å². The van der Waals surface area contributed by atoms with Crippen LogP contribution in [0.3, 0.4) is 0 Å². The smallest absolute Gasteiger partial charge is 0.173 e. The number of carbonyl (C=O) groups excluding carboxylic acids is 2. The van der Waals surface area contributed by atoms with Crippen molar-refractivity contribution in [2.75, 3.05) is 0 Å². The molecule has 0 amide bonds. The number of halogens is 2. The van der Waals surface area contributed by atoms with E-state index < -0.39 is 0 Å². The zero-order chi connectivity index (χ0) is 13.1. The summed E-state index contributed by atoms with van der Waals surface area (Å²) in [6.07, 6.45) is 0.399. The van der Waals surface area contributed by atoms with Gasteiger partial charge in [-0.25, -0.2) is 0 Å². The van der Waals surface area contributed by atoms with Crippen LogP contribution in [0.15, 0.2) is 22.9 Å². The fourth-order valence-electron chi connectivity index (χ4n) is 1.39. The normalized spacial score (nSPS) is 10.6. The SMILES string of the molecule is O=C(CCC(=O)c1cc(Cl)cs1)c1cc(Cl)cs1. The van der Waals surface area contributed by atoms with Crippen molar-refractivity contribution in [1.82, 2.24) is 0 Å². The van der Waals surface area contributed by atoms with Gasteiger partial charge in [-0.15, -0.1) is 22.7 Å². The highest BCUT2D eigenvalue weighted by molar-refractivity contribution is 7.13. The Morgan fingerprint density at radius 3 is 1.56 bits per heavy atom. The van der Waals surface area contributed by atoms with Crippen LogP contribution < -0.4 is 0 Å². The molecule has 6 heteroatoms. The van der Waals surface area contributed by atoms with Crippen LogP contribution >= 0.6 is 45.9 Å². The number of hydrogen-bond acceptors (Lipinski definition) is 4. The Labute approximate surface area is 122 Å². The van der Waals surface area contributed by atoms with Crippen molar-refractivity contribution in [2.24, 2.45) is 0 Å². The Morgan fingerprint density at radius 1 is 0.889 bits per heavy atom. The van der Waals surface area contributed by atoms with E-state index >= 15 is 0 Å². The van der Waals surface area contributed by atoms with E-state index in [-0.39, 0.29) is 24.4 Å². The monoisotopic (exact) mass is 318 g/mol. The fourth-order valence-corrected chi connectivity index (χ4v) is 3.48. The van der Waals surface area contributed by atoms with Gasteiger partial charge in [-0.3, -0.25) is 9.59 Å². The molecule has 0 spiro atoms. The second-order valence-corrected chi connectivity index (χ2v) is 6.30. The second-order valence-electron chi connectivity index (χ2n) is 3.60. The molecule has 2 rings (SSSR count). The predicted molar refractivity (Wildman–Crippen MR) is 76.6 cm³/mol. The molecule has 2 aromatic rings. The van der Waals surface area contributed by atoms with Gasteiger partial charge < -0.3 is 0 Å². The third kappa shape index (κ3) is 3.42. The van der Waals surface area contributed by atoms with Crippen molar-refractivity contribution < 1.29 is 9.59 Å². The Morgan fingerprint density at radius 2 is 1.28 bits per heavy atom. The molecule has 0 unspecified atom stereocenters. The first-order valence-electron chi connectivity index (χ1n) is 5.11. The Hall–Kier alpha value is -0.680. The van der Waals surface area contributed by atoms with Crippen molar-refractivity contribution in [1.29, 1.82) is 0 Å². The first-order valence-corrected chi connectivity index (χ1v) is 7.62. The lowest BCUT2D eigenvalue weighted by atomic mass is 10.1. The standard InChI is InChI=1S/C12H8Cl2O2S2/c13-7-3-11(17-5-7)9(15)1-2-10(16)12-4-8(14)6-18-12/h3-6H,1-2H2. The van der Waals surface area contributed by atoms with Crippen LogP contribution in [0, 0.1) is 0 Å². The topological polar surface area (TPSA) is 34.1 Å². The van der Waals surface area contributed by atoms with Crippen molar-refractivity contribution in [3.8, 4) is 0 Å². The van der Waals surface area contributed by atoms with Gasteiger partial charge >= 0.3 is 0 Å². The third-order valence-electron chi connectivity index (χ3n) is 2.26. The molecular formula is C12H8Cl2O2S2. The zero-order valence-corrected chi connectivity index (χ0v) is 12.3. The minimum absolute atomic E-state index is 0.0529. The fraction of sp³-hybridized carbons (Fsp3) is 0.167. The average Bonchev–Trinajstić information content (AvgIpc) is 2.94. The average molecular weight is 319 g/mol. The lowest BCUT2D eigenvalue weighted by molar-refractivity contribution is 0.0921. The van der Waals surface area contributed by atoms with Crippen LogP contribution in [0.25, 0.3) is 0 Å². The lowest BCUT2D eigenvalue weighted by Crippen LogP contribution is -2.02. The largest absolute Gasteiger partial charge is 0.293 e. The van der Waals surface area contributed by atoms with Gasteiger partial charge in [-0.05, 0) is 12.1 Å². The van der Waals surface area contributed by atoms with Crippen molar-refractivity contribution in [3.63, 3.8) is 0 Å². The summed E-state index contributed by atoms with van der Waals surface area (Å²) < 4.78 is 0. The van der Waals surface area contributed by atoms with E-state index in [1.165, 1.54) is 22.7 Å². The molecule has 0 aliphatic heterocycles. The van der Waals surface area contributed by atoms with Gasteiger partial charge in [0.2, 0.25) is 0 Å². The highest BCUT2D eigenvalue weighted by Gasteiger charge is 2.13. The van der Waals surface area contributed by atoms with Gasteiger partial charge in [0.15, 0.2) is 11.6 Å². The van der Waals surface area contributed by atoms with Gasteiger partial charge in [0.25, 0.3) is 0 Å². The molecule has 18 heavy (non-hydrogen) atoms. The molecule has 0 saturated carbocycles. The number of rotatable bonds is 5. The van der Waals surface area contributed by atoms with Crippen molar-refractivity contribution in [2.45, 2.75) is 12.8 Å². The molecule has 0 fully saturated rings. The molecular weight excluding hydrogens is 311 g/mol. The highest BCUT2D eigenvalue weighted by Crippen LogP contribution is 2.23. The molecule has 2 aromatic heterocycles. The van der Waals surface area contributed by atoms with Gasteiger partial charge in [-0.2, -0.15) is 0 Å². The summed E-state index contributed by atoms with van der Waals surface area (Å²) in [5.41, 5.74) is 0. The molecule has 0 aliphatic carbocycles. The number of thiophene rings is 2. The zero-order valence-electron chi connectivity index (χ0n) is 9.11. The van der Waals surface area contributed by atoms with Crippen molar-refractivity contribution in [3.05, 3.63) is 42.7 Å². The van der Waals surface area contributed by atoms with E-state index in [1.54, 1.807) is 22.9 Å². The van der Waals surface area contributed by atoms with E-state index in [2.05, 4.69) is 0 Å². The maximum absolute atomic E-state index is 11.8. The molecule has 0 aliphatic rings. The third-order valence-corrected chi connectivity index (χ3v) is 4.90. The summed E-state index contributed by atoms with van der Waals surface area (Å²) in [6.45, 7) is 0. The Kier molecular flexibility index (Phi) is 4.56. The van der Waals surface area contributed by atoms with Crippen LogP contribution in [0.2, 0.25) is 10.0 Å². The number of hydrogen-bond donors (Lipinski definition) is 0. The van der Waals surface area contributed by atoms with Crippen LogP contribution in [0.5, 0.6) is 0 Å². The first kappa shape index (κ1) is 13.7. The number of carbonyl (C=O) groups is 2. The van der Waals surface area contributed by atoms with Crippen LogP contribution in [0.1, 0.15) is 32.2 Å². The maximum Gasteiger partial charge on any atom is 0.173 e. The van der Waals surface area contributed by atoms with E-state index in [1.807, 2.05) is 0 Å². The summed E-state index contributed by atoms with van der Waals surface area (Å²) in [5.74, 6) is -0.106. The van der Waals surface area contributed by atoms with Crippen LogP contribution in [-0.4, -0.2) is 11.6 Å². The Bertz CT molecular complexity index is 534. The number of Topliss-reactive ketones (excluding diaryl/α,β-unsaturated/α-hetero) is 2. The molecule has 2 nitrogen and oxygen atoms in total. The molecule has 0 atom stereocenters. The van der Waals surface area contributed by atoms with E-state index in [9.17, 15) is 9.59 Å². The maximum atomic E-state index is 11.8. The minimum atomic E-state index is -0.0529. The molecule has 0 aromatic carbocycles. The van der Waals surface area contributed by atoms with Crippen molar-refractivity contribution >= 4 is 57.4 Å². The molecule has 0 N–H and O–H groups in total. The highest BCUT2D eigenvalue weighted by atomic mass is 35.5. The summed E-state index contributed by atoms with van der Waals surface area (Å²) in [5, 5.41) is 4.52. The molecule has 0 saturated heterocycles.